The molecule has 0 spiro atoms. The summed E-state index contributed by atoms with van der Waals surface area (Å²) in [5, 5.41) is 5.01. The molecule has 2 rings (SSSR count). The third kappa shape index (κ3) is 3.56. The van der Waals surface area contributed by atoms with Gasteiger partial charge in [0.05, 0.1) is 9.21 Å². The van der Waals surface area contributed by atoms with E-state index in [9.17, 15) is 4.79 Å². The van der Waals surface area contributed by atoms with Gasteiger partial charge in [-0.15, -0.1) is 22.7 Å². The van der Waals surface area contributed by atoms with Gasteiger partial charge in [-0.2, -0.15) is 0 Å². The Hall–Kier alpha value is -0.840. The predicted molar refractivity (Wildman–Crippen MR) is 74.3 cm³/mol. The van der Waals surface area contributed by atoms with Crippen LogP contribution in [-0.4, -0.2) is 11.9 Å². The third-order valence-corrected chi connectivity index (χ3v) is 4.39. The number of amides is 1. The van der Waals surface area contributed by atoms with Crippen molar-refractivity contribution in [3.8, 4) is 0 Å². The standard InChI is InChI=1S/C12H12ClNOS2/c1-8(7-9-3-2-6-16-9)14-12(15)10-4-5-11(13)17-10/h2-6,8H,7H2,1H3,(H,14,15)/t8-/m0/s1. The molecule has 90 valence electrons. The second-order valence-corrected chi connectivity index (χ2v) is 6.51. The zero-order valence-corrected chi connectivity index (χ0v) is 11.7. The van der Waals surface area contributed by atoms with Crippen LogP contribution in [-0.2, 0) is 6.42 Å². The number of nitrogens with one attached hydrogen (secondary N) is 1. The number of rotatable bonds is 4. The van der Waals surface area contributed by atoms with E-state index in [-0.39, 0.29) is 11.9 Å². The molecule has 0 aliphatic heterocycles. The van der Waals surface area contributed by atoms with E-state index in [4.69, 9.17) is 11.6 Å². The molecule has 2 heterocycles. The highest BCUT2D eigenvalue weighted by Crippen LogP contribution is 2.21. The van der Waals surface area contributed by atoms with Gasteiger partial charge in [0.2, 0.25) is 0 Å². The SMILES string of the molecule is C[C@@H](Cc1cccs1)NC(=O)c1ccc(Cl)s1. The molecule has 0 aliphatic carbocycles. The van der Waals surface area contributed by atoms with Crippen molar-refractivity contribution in [2.45, 2.75) is 19.4 Å². The molecule has 17 heavy (non-hydrogen) atoms. The van der Waals surface area contributed by atoms with Gasteiger partial charge in [0.15, 0.2) is 0 Å². The van der Waals surface area contributed by atoms with Crippen LogP contribution in [0.15, 0.2) is 29.6 Å². The molecule has 1 atom stereocenters. The topological polar surface area (TPSA) is 29.1 Å². The Kier molecular flexibility index (Phi) is 4.20. The third-order valence-electron chi connectivity index (χ3n) is 2.26. The van der Waals surface area contributed by atoms with Crippen molar-refractivity contribution in [2.75, 3.05) is 0 Å². The smallest absolute Gasteiger partial charge is 0.261 e. The Balaban J connectivity index is 1.90. The van der Waals surface area contributed by atoms with Crippen molar-refractivity contribution >= 4 is 40.2 Å². The molecule has 0 bridgehead atoms. The molecule has 0 unspecified atom stereocenters. The Labute approximate surface area is 113 Å². The first-order chi connectivity index (χ1) is 8.15. The van der Waals surface area contributed by atoms with Crippen molar-refractivity contribution in [1.29, 1.82) is 0 Å². The summed E-state index contributed by atoms with van der Waals surface area (Å²) in [7, 11) is 0. The quantitative estimate of drug-likeness (QED) is 0.909. The van der Waals surface area contributed by atoms with E-state index < -0.39 is 0 Å². The maximum absolute atomic E-state index is 11.8. The number of hydrogen-bond donors (Lipinski definition) is 1. The normalized spacial score (nSPS) is 12.4. The van der Waals surface area contributed by atoms with Crippen LogP contribution in [0.3, 0.4) is 0 Å². The summed E-state index contributed by atoms with van der Waals surface area (Å²) in [5.74, 6) is -0.0500. The first-order valence-corrected chi connectivity index (χ1v) is 7.31. The van der Waals surface area contributed by atoms with Crippen molar-refractivity contribution in [3.05, 3.63) is 43.7 Å². The van der Waals surface area contributed by atoms with Crippen molar-refractivity contribution in [3.63, 3.8) is 0 Å². The highest BCUT2D eigenvalue weighted by atomic mass is 35.5. The van der Waals surface area contributed by atoms with E-state index in [1.807, 2.05) is 18.4 Å². The van der Waals surface area contributed by atoms with E-state index in [0.29, 0.717) is 9.21 Å². The number of hydrogen-bond acceptors (Lipinski definition) is 3. The summed E-state index contributed by atoms with van der Waals surface area (Å²) in [6.45, 7) is 2.01. The summed E-state index contributed by atoms with van der Waals surface area (Å²) in [5.41, 5.74) is 0. The molecular weight excluding hydrogens is 274 g/mol. The second-order valence-electron chi connectivity index (χ2n) is 3.76. The highest BCUT2D eigenvalue weighted by Gasteiger charge is 2.12. The van der Waals surface area contributed by atoms with Crippen molar-refractivity contribution in [2.24, 2.45) is 0 Å². The van der Waals surface area contributed by atoms with Crippen LogP contribution in [0, 0.1) is 0 Å². The van der Waals surface area contributed by atoms with Gasteiger partial charge in [-0.1, -0.05) is 17.7 Å². The van der Waals surface area contributed by atoms with Crippen LogP contribution >= 0.6 is 34.3 Å². The molecule has 1 amide bonds. The summed E-state index contributed by atoms with van der Waals surface area (Å²) in [6, 6.07) is 7.72. The van der Waals surface area contributed by atoms with E-state index in [1.54, 1.807) is 23.5 Å². The van der Waals surface area contributed by atoms with Crippen LogP contribution in [0.25, 0.3) is 0 Å². The lowest BCUT2D eigenvalue weighted by Gasteiger charge is -2.11. The van der Waals surface area contributed by atoms with Crippen LogP contribution in [0.4, 0.5) is 0 Å². The fraction of sp³-hybridized carbons (Fsp3) is 0.250. The fourth-order valence-electron chi connectivity index (χ4n) is 1.51. The van der Waals surface area contributed by atoms with E-state index in [1.165, 1.54) is 16.2 Å². The predicted octanol–water partition coefficient (Wildman–Crippen LogP) is 3.82. The molecule has 2 aromatic rings. The number of carbonyl (C=O) groups is 1. The van der Waals surface area contributed by atoms with Crippen LogP contribution in [0.5, 0.6) is 0 Å². The van der Waals surface area contributed by atoms with Gasteiger partial charge < -0.3 is 5.32 Å². The summed E-state index contributed by atoms with van der Waals surface area (Å²) in [6.07, 6.45) is 0.864. The van der Waals surface area contributed by atoms with Gasteiger partial charge in [-0.25, -0.2) is 0 Å². The van der Waals surface area contributed by atoms with Crippen LogP contribution < -0.4 is 5.32 Å². The molecule has 5 heteroatoms. The van der Waals surface area contributed by atoms with E-state index in [0.717, 1.165) is 6.42 Å². The number of halogens is 1. The average molecular weight is 286 g/mol. The molecular formula is C12H12ClNOS2. The largest absolute Gasteiger partial charge is 0.349 e. The van der Waals surface area contributed by atoms with Gasteiger partial charge in [0, 0.05) is 17.3 Å². The lowest BCUT2D eigenvalue weighted by atomic mass is 10.2. The molecule has 0 saturated carbocycles. The molecule has 0 radical (unpaired) electrons. The Morgan fingerprint density at radius 3 is 2.88 bits per heavy atom. The lowest BCUT2D eigenvalue weighted by molar-refractivity contribution is 0.0944. The Bertz CT molecular complexity index is 492. The van der Waals surface area contributed by atoms with Gasteiger partial charge in [-0.3, -0.25) is 4.79 Å². The van der Waals surface area contributed by atoms with E-state index in [2.05, 4.69) is 11.4 Å². The summed E-state index contributed by atoms with van der Waals surface area (Å²) >= 11 is 8.81. The monoisotopic (exact) mass is 285 g/mol. The van der Waals surface area contributed by atoms with E-state index >= 15 is 0 Å². The summed E-state index contributed by atoms with van der Waals surface area (Å²) < 4.78 is 0.640. The molecule has 0 aromatic carbocycles. The zero-order valence-electron chi connectivity index (χ0n) is 9.27. The van der Waals surface area contributed by atoms with Crippen LogP contribution in [0.1, 0.15) is 21.5 Å². The highest BCUT2D eigenvalue weighted by molar-refractivity contribution is 7.18. The molecule has 2 aromatic heterocycles. The maximum Gasteiger partial charge on any atom is 0.261 e. The molecule has 0 saturated heterocycles. The van der Waals surface area contributed by atoms with Crippen LogP contribution in [0.2, 0.25) is 4.34 Å². The minimum Gasteiger partial charge on any atom is -0.349 e. The molecule has 2 nitrogen and oxygen atoms in total. The maximum atomic E-state index is 11.8. The van der Waals surface area contributed by atoms with Gasteiger partial charge >= 0.3 is 0 Å². The second kappa shape index (κ2) is 5.67. The van der Waals surface area contributed by atoms with Crippen molar-refractivity contribution < 1.29 is 4.79 Å². The van der Waals surface area contributed by atoms with Gasteiger partial charge in [0.25, 0.3) is 5.91 Å². The number of carbonyl (C=O) groups excluding carboxylic acids is 1. The van der Waals surface area contributed by atoms with Crippen molar-refractivity contribution in [1.82, 2.24) is 5.32 Å². The lowest BCUT2D eigenvalue weighted by Crippen LogP contribution is -2.33. The Morgan fingerprint density at radius 2 is 2.29 bits per heavy atom. The first-order valence-electron chi connectivity index (χ1n) is 5.24. The minimum absolute atomic E-state index is 0.0500. The van der Waals surface area contributed by atoms with Gasteiger partial charge in [0.1, 0.15) is 0 Å². The molecule has 1 N–H and O–H groups in total. The first kappa shape index (κ1) is 12.6. The average Bonchev–Trinajstić information content (AvgIpc) is 2.89. The zero-order chi connectivity index (χ0) is 12.3. The summed E-state index contributed by atoms with van der Waals surface area (Å²) in [4.78, 5) is 13.8. The van der Waals surface area contributed by atoms with Gasteiger partial charge in [-0.05, 0) is 30.5 Å². The molecule has 0 fully saturated rings. The Morgan fingerprint density at radius 1 is 1.47 bits per heavy atom. The number of thiophene rings is 2. The fourth-order valence-corrected chi connectivity index (χ4v) is 3.29. The minimum atomic E-state index is -0.0500. The molecule has 0 aliphatic rings.